The highest BCUT2D eigenvalue weighted by Gasteiger charge is 2.25. The van der Waals surface area contributed by atoms with Crippen molar-refractivity contribution in [3.8, 4) is 17.2 Å². The van der Waals surface area contributed by atoms with Gasteiger partial charge in [0, 0.05) is 29.6 Å². The third-order valence-corrected chi connectivity index (χ3v) is 6.79. The number of nitrogens with zero attached hydrogens (tertiary/aromatic N) is 2. The van der Waals surface area contributed by atoms with Crippen molar-refractivity contribution in [1.29, 1.82) is 5.26 Å². The summed E-state index contributed by atoms with van der Waals surface area (Å²) < 4.78 is 27.0. The fourth-order valence-electron chi connectivity index (χ4n) is 3.33. The van der Waals surface area contributed by atoms with Crippen molar-refractivity contribution in [2.24, 2.45) is 0 Å². The molecular formula is C24H19N5O3S. The number of aromatic nitrogens is 2. The Bertz CT molecular complexity index is 1410. The predicted octanol–water partition coefficient (Wildman–Crippen LogP) is 4.10. The van der Waals surface area contributed by atoms with Crippen molar-refractivity contribution >= 4 is 21.6 Å². The topological polar surface area (TPSA) is 128 Å². The number of aromatic amines is 1. The number of nitrogens with one attached hydrogen (secondary N) is 3. The first-order valence-electron chi connectivity index (χ1n) is 9.95. The molecule has 3 aromatic carbocycles. The molecule has 1 heterocycles. The number of sulfone groups is 1. The largest absolute Gasteiger partial charge is 0.334 e. The number of amides is 2. The molecule has 3 N–H and O–H groups in total. The van der Waals surface area contributed by atoms with Gasteiger partial charge >= 0.3 is 6.03 Å². The Labute approximate surface area is 190 Å². The third-order valence-electron chi connectivity index (χ3n) is 4.92. The third kappa shape index (κ3) is 4.76. The average molecular weight is 458 g/mol. The number of anilines is 1. The molecule has 0 aliphatic heterocycles. The predicted molar refractivity (Wildman–Crippen MR) is 123 cm³/mol. The van der Waals surface area contributed by atoms with Gasteiger partial charge in [-0.2, -0.15) is 10.4 Å². The van der Waals surface area contributed by atoms with Gasteiger partial charge in [0.15, 0.2) is 0 Å². The van der Waals surface area contributed by atoms with E-state index in [0.717, 1.165) is 5.56 Å². The van der Waals surface area contributed by atoms with Crippen molar-refractivity contribution < 1.29 is 13.2 Å². The van der Waals surface area contributed by atoms with Crippen LogP contribution in [0.1, 0.15) is 11.1 Å². The Morgan fingerprint density at radius 2 is 1.76 bits per heavy atom. The molecule has 33 heavy (non-hydrogen) atoms. The standard InChI is InChI=1S/C24H19N5O3S/c25-13-19-7-4-8-22(18-5-2-1-3-6-18)23(19)33(31,32)21-11-9-20(10-12-21)29-24(30)26-14-17-15-27-28-16-17/h1-12,15-16H,14H2,(H,27,28)(H2,26,29,30). The van der Waals surface area contributed by atoms with E-state index in [1.54, 1.807) is 36.7 Å². The highest BCUT2D eigenvalue weighted by molar-refractivity contribution is 7.91. The van der Waals surface area contributed by atoms with Crippen molar-refractivity contribution in [1.82, 2.24) is 15.5 Å². The first kappa shape index (κ1) is 21.8. The number of nitriles is 1. The van der Waals surface area contributed by atoms with Gasteiger partial charge in [0.1, 0.15) is 6.07 Å². The zero-order valence-corrected chi connectivity index (χ0v) is 18.1. The Balaban J connectivity index is 1.60. The summed E-state index contributed by atoms with van der Waals surface area (Å²) in [5.41, 5.74) is 2.46. The highest BCUT2D eigenvalue weighted by Crippen LogP contribution is 2.34. The molecule has 9 heteroatoms. The molecule has 164 valence electrons. The van der Waals surface area contributed by atoms with Gasteiger partial charge in [0.2, 0.25) is 9.84 Å². The second-order valence-corrected chi connectivity index (χ2v) is 8.99. The first-order chi connectivity index (χ1) is 16.0. The smallest absolute Gasteiger partial charge is 0.319 e. The molecule has 4 aromatic rings. The summed E-state index contributed by atoms with van der Waals surface area (Å²) in [6.45, 7) is 0.294. The van der Waals surface area contributed by atoms with Crippen molar-refractivity contribution in [3.63, 3.8) is 0 Å². The quantitative estimate of drug-likeness (QED) is 0.402. The highest BCUT2D eigenvalue weighted by atomic mass is 32.2. The normalized spacial score (nSPS) is 10.9. The first-order valence-corrected chi connectivity index (χ1v) is 11.4. The van der Waals surface area contributed by atoms with Gasteiger partial charge in [-0.15, -0.1) is 0 Å². The molecule has 0 fully saturated rings. The number of carbonyl (C=O) groups is 1. The van der Waals surface area contributed by atoms with E-state index in [2.05, 4.69) is 20.8 Å². The Morgan fingerprint density at radius 1 is 1.00 bits per heavy atom. The van der Waals surface area contributed by atoms with Crippen molar-refractivity contribution in [3.05, 3.63) is 96.3 Å². The molecule has 0 radical (unpaired) electrons. The van der Waals surface area contributed by atoms with Gasteiger partial charge in [-0.25, -0.2) is 13.2 Å². The zero-order valence-electron chi connectivity index (χ0n) is 17.3. The molecule has 0 spiro atoms. The number of urea groups is 1. The van der Waals surface area contributed by atoms with Crippen LogP contribution in [0.5, 0.6) is 0 Å². The molecule has 1 aromatic heterocycles. The van der Waals surface area contributed by atoms with Crippen LogP contribution in [0.2, 0.25) is 0 Å². The van der Waals surface area contributed by atoms with Crippen LogP contribution in [0.15, 0.2) is 95.0 Å². The number of rotatable bonds is 6. The lowest BCUT2D eigenvalue weighted by atomic mass is 10.0. The fourth-order valence-corrected chi connectivity index (χ4v) is 4.94. The summed E-state index contributed by atoms with van der Waals surface area (Å²) in [4.78, 5) is 12.1. The number of carbonyl (C=O) groups excluding carboxylic acids is 1. The van der Waals surface area contributed by atoms with Gasteiger partial charge in [-0.1, -0.05) is 42.5 Å². The summed E-state index contributed by atoms with van der Waals surface area (Å²) in [6.07, 6.45) is 3.27. The maximum atomic E-state index is 13.5. The minimum Gasteiger partial charge on any atom is -0.334 e. The molecule has 8 nitrogen and oxygen atoms in total. The van der Waals surface area contributed by atoms with Gasteiger partial charge in [-0.05, 0) is 35.9 Å². The van der Waals surface area contributed by atoms with Gasteiger partial charge in [0.25, 0.3) is 0 Å². The average Bonchev–Trinajstić information content (AvgIpc) is 3.37. The number of hydrogen-bond acceptors (Lipinski definition) is 5. The van der Waals surface area contributed by atoms with E-state index < -0.39 is 15.9 Å². The summed E-state index contributed by atoms with van der Waals surface area (Å²) in [5.74, 6) is 0. The van der Waals surface area contributed by atoms with Gasteiger partial charge in [-0.3, -0.25) is 5.10 Å². The fraction of sp³-hybridized carbons (Fsp3) is 0.0417. The summed E-state index contributed by atoms with van der Waals surface area (Å²) in [7, 11) is -4.01. The minimum atomic E-state index is -4.01. The van der Waals surface area contributed by atoms with Crippen LogP contribution in [-0.2, 0) is 16.4 Å². The lowest BCUT2D eigenvalue weighted by Crippen LogP contribution is -2.28. The molecule has 0 unspecified atom stereocenters. The lowest BCUT2D eigenvalue weighted by molar-refractivity contribution is 0.251. The maximum Gasteiger partial charge on any atom is 0.319 e. The Kier molecular flexibility index (Phi) is 6.20. The molecule has 4 rings (SSSR count). The van der Waals surface area contributed by atoms with Crippen LogP contribution < -0.4 is 10.6 Å². The summed E-state index contributed by atoms with van der Waals surface area (Å²) >= 11 is 0. The van der Waals surface area contributed by atoms with Crippen LogP contribution in [0, 0.1) is 11.3 Å². The molecule has 0 saturated heterocycles. The van der Waals surface area contributed by atoms with Gasteiger partial charge in [0.05, 0.1) is 21.6 Å². The second-order valence-electron chi connectivity index (χ2n) is 7.10. The molecule has 0 atom stereocenters. The lowest BCUT2D eigenvalue weighted by Gasteiger charge is -2.13. The Morgan fingerprint density at radius 3 is 2.42 bits per heavy atom. The van der Waals surface area contributed by atoms with E-state index >= 15 is 0 Å². The van der Waals surface area contributed by atoms with E-state index in [-0.39, 0.29) is 15.4 Å². The number of hydrogen-bond donors (Lipinski definition) is 3. The van der Waals surface area contributed by atoms with E-state index in [1.807, 2.05) is 24.3 Å². The van der Waals surface area contributed by atoms with E-state index in [1.165, 1.54) is 30.3 Å². The molecule has 0 aliphatic carbocycles. The molecule has 0 aliphatic rings. The molecular weight excluding hydrogens is 438 g/mol. The van der Waals surface area contributed by atoms with Crippen LogP contribution >= 0.6 is 0 Å². The monoisotopic (exact) mass is 457 g/mol. The van der Waals surface area contributed by atoms with Gasteiger partial charge < -0.3 is 10.6 Å². The second kappa shape index (κ2) is 9.38. The number of benzene rings is 3. The van der Waals surface area contributed by atoms with E-state index in [0.29, 0.717) is 23.4 Å². The van der Waals surface area contributed by atoms with E-state index in [9.17, 15) is 18.5 Å². The van der Waals surface area contributed by atoms with Crippen molar-refractivity contribution in [2.75, 3.05) is 5.32 Å². The SMILES string of the molecule is N#Cc1cccc(-c2ccccc2)c1S(=O)(=O)c1ccc(NC(=O)NCc2cn[nH]c2)cc1. The molecule has 0 bridgehead atoms. The molecule has 0 saturated carbocycles. The van der Waals surface area contributed by atoms with Crippen LogP contribution in [0.4, 0.5) is 10.5 Å². The zero-order chi connectivity index (χ0) is 23.3. The van der Waals surface area contributed by atoms with E-state index in [4.69, 9.17) is 0 Å². The molecule has 2 amide bonds. The van der Waals surface area contributed by atoms with Crippen LogP contribution in [0.25, 0.3) is 11.1 Å². The van der Waals surface area contributed by atoms with Crippen molar-refractivity contribution in [2.45, 2.75) is 16.3 Å². The summed E-state index contributed by atoms with van der Waals surface area (Å²) in [5, 5.41) is 21.4. The minimum absolute atomic E-state index is 0.0201. The Hall–Kier alpha value is -4.42. The number of H-pyrrole nitrogens is 1. The summed E-state index contributed by atoms with van der Waals surface area (Å²) in [6, 6.07) is 21.2. The maximum absolute atomic E-state index is 13.5. The van der Waals surface area contributed by atoms with Crippen LogP contribution in [0.3, 0.4) is 0 Å². The van der Waals surface area contributed by atoms with Crippen LogP contribution in [-0.4, -0.2) is 24.6 Å².